The monoisotopic (exact) mass is 293 g/mol. The zero-order valence-electron chi connectivity index (χ0n) is 12.7. The standard InChI is InChI=1S/C13H19N5O3/c1-5-6-9-11(13(19)20-4)15-17-18(9)7-10-14-12(8(2)3)21-16-10/h8H,5-7H2,1-4H3. The zero-order chi connectivity index (χ0) is 15.4. The summed E-state index contributed by atoms with van der Waals surface area (Å²) in [5.41, 5.74) is 0.965. The fourth-order valence-corrected chi connectivity index (χ4v) is 1.90. The predicted octanol–water partition coefficient (Wildman–Crippen LogP) is 1.57. The van der Waals surface area contributed by atoms with Crippen molar-refractivity contribution < 1.29 is 14.1 Å². The van der Waals surface area contributed by atoms with Crippen LogP contribution in [0.3, 0.4) is 0 Å². The Hall–Kier alpha value is -2.25. The molecule has 0 aliphatic rings. The zero-order valence-corrected chi connectivity index (χ0v) is 12.7. The van der Waals surface area contributed by atoms with Crippen LogP contribution in [0.15, 0.2) is 4.52 Å². The molecule has 0 aliphatic carbocycles. The summed E-state index contributed by atoms with van der Waals surface area (Å²) in [5, 5.41) is 11.8. The molecule has 0 fully saturated rings. The second-order valence-electron chi connectivity index (χ2n) is 4.99. The van der Waals surface area contributed by atoms with E-state index in [4.69, 9.17) is 9.26 Å². The Bertz CT molecular complexity index is 617. The van der Waals surface area contributed by atoms with Crippen LogP contribution in [0.25, 0.3) is 0 Å². The van der Waals surface area contributed by atoms with E-state index in [-0.39, 0.29) is 11.6 Å². The lowest BCUT2D eigenvalue weighted by atomic mass is 10.2. The molecule has 0 atom stereocenters. The highest BCUT2D eigenvalue weighted by atomic mass is 16.5. The Balaban J connectivity index is 2.26. The third kappa shape index (κ3) is 3.26. The van der Waals surface area contributed by atoms with E-state index < -0.39 is 5.97 Å². The summed E-state index contributed by atoms with van der Waals surface area (Å²) in [5.74, 6) is 0.774. The molecular weight excluding hydrogens is 274 g/mol. The number of nitrogens with zero attached hydrogens (tertiary/aromatic N) is 5. The summed E-state index contributed by atoms with van der Waals surface area (Å²) < 4.78 is 11.5. The molecule has 0 amide bonds. The Morgan fingerprint density at radius 3 is 2.76 bits per heavy atom. The molecule has 0 unspecified atom stereocenters. The lowest BCUT2D eigenvalue weighted by Crippen LogP contribution is -2.11. The van der Waals surface area contributed by atoms with Gasteiger partial charge in [0.1, 0.15) is 6.54 Å². The molecule has 0 aliphatic heterocycles. The van der Waals surface area contributed by atoms with E-state index in [9.17, 15) is 4.79 Å². The third-order valence-corrected chi connectivity index (χ3v) is 2.97. The Morgan fingerprint density at radius 2 is 2.19 bits per heavy atom. The van der Waals surface area contributed by atoms with Crippen LogP contribution in [0.2, 0.25) is 0 Å². The largest absolute Gasteiger partial charge is 0.464 e. The predicted molar refractivity (Wildman–Crippen MR) is 72.8 cm³/mol. The molecule has 0 saturated carbocycles. The minimum absolute atomic E-state index is 0.169. The number of hydrogen-bond acceptors (Lipinski definition) is 7. The van der Waals surface area contributed by atoms with Crippen LogP contribution in [0.4, 0.5) is 0 Å². The van der Waals surface area contributed by atoms with Crippen molar-refractivity contribution in [1.29, 1.82) is 0 Å². The van der Waals surface area contributed by atoms with Gasteiger partial charge in [-0.1, -0.05) is 37.6 Å². The number of carbonyl (C=O) groups is 1. The lowest BCUT2D eigenvalue weighted by molar-refractivity contribution is 0.0592. The van der Waals surface area contributed by atoms with Crippen molar-refractivity contribution in [1.82, 2.24) is 25.1 Å². The molecule has 2 aromatic heterocycles. The molecule has 2 heterocycles. The van der Waals surface area contributed by atoms with E-state index >= 15 is 0 Å². The van der Waals surface area contributed by atoms with Gasteiger partial charge in [0, 0.05) is 5.92 Å². The smallest absolute Gasteiger partial charge is 0.360 e. The van der Waals surface area contributed by atoms with Crippen LogP contribution in [0.1, 0.15) is 61.0 Å². The van der Waals surface area contributed by atoms with E-state index in [0.717, 1.165) is 12.1 Å². The van der Waals surface area contributed by atoms with Gasteiger partial charge in [-0.2, -0.15) is 4.98 Å². The van der Waals surface area contributed by atoms with Gasteiger partial charge in [0.15, 0.2) is 11.5 Å². The van der Waals surface area contributed by atoms with E-state index in [1.54, 1.807) is 4.68 Å². The number of rotatable bonds is 6. The minimum atomic E-state index is -0.485. The van der Waals surface area contributed by atoms with Crippen LogP contribution >= 0.6 is 0 Å². The van der Waals surface area contributed by atoms with Crippen LogP contribution in [0, 0.1) is 0 Å². The molecule has 21 heavy (non-hydrogen) atoms. The Kier molecular flexibility index (Phi) is 4.66. The SMILES string of the molecule is CCCc1c(C(=O)OC)nnn1Cc1noc(C(C)C)n1. The van der Waals surface area contributed by atoms with Crippen LogP contribution in [0.5, 0.6) is 0 Å². The van der Waals surface area contributed by atoms with E-state index in [1.807, 2.05) is 20.8 Å². The van der Waals surface area contributed by atoms with E-state index in [1.165, 1.54) is 7.11 Å². The molecular formula is C13H19N5O3. The van der Waals surface area contributed by atoms with Crippen molar-refractivity contribution in [3.05, 3.63) is 23.1 Å². The highest BCUT2D eigenvalue weighted by Gasteiger charge is 2.21. The average molecular weight is 293 g/mol. The van der Waals surface area contributed by atoms with Crippen molar-refractivity contribution >= 4 is 5.97 Å². The van der Waals surface area contributed by atoms with Crippen molar-refractivity contribution in [2.24, 2.45) is 0 Å². The first-order valence-electron chi connectivity index (χ1n) is 6.90. The molecule has 8 nitrogen and oxygen atoms in total. The average Bonchev–Trinajstić information content (AvgIpc) is 3.07. The van der Waals surface area contributed by atoms with Crippen molar-refractivity contribution in [3.63, 3.8) is 0 Å². The van der Waals surface area contributed by atoms with Gasteiger partial charge >= 0.3 is 5.97 Å². The number of carbonyl (C=O) groups excluding carboxylic acids is 1. The van der Waals surface area contributed by atoms with Gasteiger partial charge in [-0.3, -0.25) is 0 Å². The fourth-order valence-electron chi connectivity index (χ4n) is 1.90. The number of hydrogen-bond donors (Lipinski definition) is 0. The summed E-state index contributed by atoms with van der Waals surface area (Å²) in [6, 6.07) is 0. The van der Waals surface area contributed by atoms with Gasteiger partial charge in [0.2, 0.25) is 5.89 Å². The van der Waals surface area contributed by atoms with Gasteiger partial charge in [0.05, 0.1) is 12.8 Å². The van der Waals surface area contributed by atoms with Crippen LogP contribution in [-0.2, 0) is 17.7 Å². The highest BCUT2D eigenvalue weighted by molar-refractivity contribution is 5.88. The fraction of sp³-hybridized carbons (Fsp3) is 0.615. The van der Waals surface area contributed by atoms with Gasteiger partial charge < -0.3 is 9.26 Å². The van der Waals surface area contributed by atoms with E-state index in [2.05, 4.69) is 20.5 Å². The minimum Gasteiger partial charge on any atom is -0.464 e. The summed E-state index contributed by atoms with van der Waals surface area (Å²) in [6.07, 6.45) is 1.53. The number of ether oxygens (including phenoxy) is 1. The Labute approximate surface area is 122 Å². The Morgan fingerprint density at radius 1 is 1.43 bits per heavy atom. The van der Waals surface area contributed by atoms with Crippen LogP contribution < -0.4 is 0 Å². The second kappa shape index (κ2) is 6.47. The van der Waals surface area contributed by atoms with E-state index in [0.29, 0.717) is 24.7 Å². The summed E-state index contributed by atoms with van der Waals surface area (Å²) >= 11 is 0. The first-order chi connectivity index (χ1) is 10.1. The molecule has 2 aromatic rings. The second-order valence-corrected chi connectivity index (χ2v) is 4.99. The van der Waals surface area contributed by atoms with Gasteiger partial charge in [-0.05, 0) is 6.42 Å². The molecule has 2 rings (SSSR count). The number of methoxy groups -OCH3 is 1. The molecule has 8 heteroatoms. The molecule has 0 radical (unpaired) electrons. The summed E-state index contributed by atoms with van der Waals surface area (Å²) in [6.45, 7) is 6.29. The van der Waals surface area contributed by atoms with Gasteiger partial charge in [0.25, 0.3) is 0 Å². The van der Waals surface area contributed by atoms with Gasteiger partial charge in [-0.25, -0.2) is 9.48 Å². The molecule has 0 spiro atoms. The maximum Gasteiger partial charge on any atom is 0.360 e. The first kappa shape index (κ1) is 15.1. The van der Waals surface area contributed by atoms with Crippen molar-refractivity contribution in [2.45, 2.75) is 46.1 Å². The topological polar surface area (TPSA) is 95.9 Å². The van der Waals surface area contributed by atoms with Crippen LogP contribution in [-0.4, -0.2) is 38.2 Å². The first-order valence-corrected chi connectivity index (χ1v) is 6.90. The summed E-state index contributed by atoms with van der Waals surface area (Å²) in [7, 11) is 1.32. The lowest BCUT2D eigenvalue weighted by Gasteiger charge is -2.04. The van der Waals surface area contributed by atoms with Gasteiger partial charge in [-0.15, -0.1) is 5.10 Å². The molecule has 0 saturated heterocycles. The van der Waals surface area contributed by atoms with Crippen molar-refractivity contribution in [2.75, 3.05) is 7.11 Å². The maximum atomic E-state index is 11.7. The molecule has 0 bridgehead atoms. The van der Waals surface area contributed by atoms with Crippen molar-refractivity contribution in [3.8, 4) is 0 Å². The highest BCUT2D eigenvalue weighted by Crippen LogP contribution is 2.14. The number of aromatic nitrogens is 5. The molecule has 0 N–H and O–H groups in total. The normalized spacial score (nSPS) is 11.1. The summed E-state index contributed by atoms with van der Waals surface area (Å²) in [4.78, 5) is 16.0. The maximum absolute atomic E-state index is 11.7. The third-order valence-electron chi connectivity index (χ3n) is 2.97. The molecule has 114 valence electrons. The number of esters is 1. The quantitative estimate of drug-likeness (QED) is 0.746. The molecule has 0 aromatic carbocycles.